The monoisotopic (exact) mass is 325 g/mol. The van der Waals surface area contributed by atoms with E-state index in [-0.39, 0.29) is 18.1 Å². The molecule has 0 bridgehead atoms. The van der Waals surface area contributed by atoms with Crippen LogP contribution in [0.2, 0.25) is 0 Å². The standard InChI is InChI=1S/C16H20ClNO4/c1-21-15(19)14(12-7-3-2-4-8-12)13-9-5-6-10-18(13)16(20)22-11-17/h2-4,7-8,13-14H,5-6,9-11H2,1H3/t13-,14-/m1/s1. The van der Waals surface area contributed by atoms with E-state index in [9.17, 15) is 9.59 Å². The van der Waals surface area contributed by atoms with E-state index in [2.05, 4.69) is 0 Å². The summed E-state index contributed by atoms with van der Waals surface area (Å²) in [7, 11) is 1.36. The lowest BCUT2D eigenvalue weighted by molar-refractivity contribution is -0.144. The summed E-state index contributed by atoms with van der Waals surface area (Å²) in [6.45, 7) is 0.556. The van der Waals surface area contributed by atoms with Crippen LogP contribution >= 0.6 is 11.6 Å². The Hall–Kier alpha value is -1.75. The third-order valence-corrected chi connectivity index (χ3v) is 4.07. The molecule has 5 nitrogen and oxygen atoms in total. The summed E-state index contributed by atoms with van der Waals surface area (Å²) in [6, 6.07) is 8.90. The summed E-state index contributed by atoms with van der Waals surface area (Å²) in [4.78, 5) is 26.0. The summed E-state index contributed by atoms with van der Waals surface area (Å²) < 4.78 is 9.88. The van der Waals surface area contributed by atoms with Crippen LogP contribution in [-0.4, -0.2) is 42.7 Å². The maximum Gasteiger partial charge on any atom is 0.411 e. The number of ether oxygens (including phenoxy) is 2. The second-order valence-electron chi connectivity index (χ2n) is 5.19. The molecule has 0 unspecified atom stereocenters. The Morgan fingerprint density at radius 2 is 2.05 bits per heavy atom. The maximum absolute atomic E-state index is 12.3. The lowest BCUT2D eigenvalue weighted by Crippen LogP contribution is -2.49. The van der Waals surface area contributed by atoms with Crippen LogP contribution < -0.4 is 0 Å². The number of likely N-dealkylation sites (tertiary alicyclic amines) is 1. The van der Waals surface area contributed by atoms with Crippen molar-refractivity contribution in [2.24, 2.45) is 0 Å². The van der Waals surface area contributed by atoms with Gasteiger partial charge in [-0.2, -0.15) is 0 Å². The number of halogens is 1. The van der Waals surface area contributed by atoms with Gasteiger partial charge in [0.25, 0.3) is 0 Å². The zero-order chi connectivity index (χ0) is 15.9. The highest BCUT2D eigenvalue weighted by Crippen LogP contribution is 2.32. The topological polar surface area (TPSA) is 55.8 Å². The minimum Gasteiger partial charge on any atom is -0.468 e. The summed E-state index contributed by atoms with van der Waals surface area (Å²) in [6.07, 6.45) is 2.09. The van der Waals surface area contributed by atoms with Crippen molar-refractivity contribution < 1.29 is 19.1 Å². The minimum absolute atomic E-state index is 0.198. The number of piperidine rings is 1. The molecular weight excluding hydrogens is 306 g/mol. The summed E-state index contributed by atoms with van der Waals surface area (Å²) in [5, 5.41) is 0. The highest BCUT2D eigenvalue weighted by Gasteiger charge is 2.39. The van der Waals surface area contributed by atoms with E-state index in [0.29, 0.717) is 6.54 Å². The van der Waals surface area contributed by atoms with Crippen LogP contribution in [0.3, 0.4) is 0 Å². The molecule has 0 aliphatic carbocycles. The molecule has 2 rings (SSSR count). The molecule has 6 heteroatoms. The zero-order valence-corrected chi connectivity index (χ0v) is 13.3. The first kappa shape index (κ1) is 16.6. The van der Waals surface area contributed by atoms with Crippen molar-refractivity contribution in [2.45, 2.75) is 31.2 Å². The molecule has 0 saturated carbocycles. The Labute approximate surface area is 135 Å². The summed E-state index contributed by atoms with van der Waals surface area (Å²) in [5.74, 6) is -0.865. The molecule has 1 amide bonds. The fraction of sp³-hybridized carbons (Fsp3) is 0.500. The van der Waals surface area contributed by atoms with Gasteiger partial charge in [0.05, 0.1) is 13.2 Å². The van der Waals surface area contributed by atoms with E-state index < -0.39 is 12.0 Å². The average molecular weight is 326 g/mol. The third-order valence-electron chi connectivity index (χ3n) is 3.96. The Bertz CT molecular complexity index is 508. The van der Waals surface area contributed by atoms with Gasteiger partial charge in [-0.3, -0.25) is 4.79 Å². The van der Waals surface area contributed by atoms with Crippen molar-refractivity contribution in [1.82, 2.24) is 4.90 Å². The number of hydrogen-bond donors (Lipinski definition) is 0. The SMILES string of the molecule is COC(=O)[C@H](c1ccccc1)[C@H]1CCCCN1C(=O)OCCl. The molecule has 2 atom stereocenters. The minimum atomic E-state index is -0.519. The maximum atomic E-state index is 12.3. The normalized spacial score (nSPS) is 19.4. The van der Waals surface area contributed by atoms with Crippen molar-refractivity contribution in [2.75, 3.05) is 19.7 Å². The highest BCUT2D eigenvalue weighted by molar-refractivity contribution is 6.17. The van der Waals surface area contributed by atoms with E-state index in [0.717, 1.165) is 24.8 Å². The number of nitrogens with zero attached hydrogens (tertiary/aromatic N) is 1. The lowest BCUT2D eigenvalue weighted by atomic mass is 9.85. The van der Waals surface area contributed by atoms with Crippen molar-refractivity contribution in [3.8, 4) is 0 Å². The van der Waals surface area contributed by atoms with Gasteiger partial charge in [-0.1, -0.05) is 41.9 Å². The second-order valence-corrected chi connectivity index (χ2v) is 5.41. The quantitative estimate of drug-likeness (QED) is 0.630. The van der Waals surface area contributed by atoms with Crippen LogP contribution in [0.15, 0.2) is 30.3 Å². The van der Waals surface area contributed by atoms with Crippen LogP contribution in [0.25, 0.3) is 0 Å². The molecule has 0 aromatic heterocycles. The van der Waals surface area contributed by atoms with Gasteiger partial charge in [0, 0.05) is 6.54 Å². The smallest absolute Gasteiger partial charge is 0.411 e. The van der Waals surface area contributed by atoms with Crippen LogP contribution in [0.4, 0.5) is 4.79 Å². The zero-order valence-electron chi connectivity index (χ0n) is 12.5. The van der Waals surface area contributed by atoms with Crippen molar-refractivity contribution >= 4 is 23.7 Å². The molecule has 0 spiro atoms. The molecule has 120 valence electrons. The number of rotatable bonds is 4. The van der Waals surface area contributed by atoms with Gasteiger partial charge in [0.15, 0.2) is 6.07 Å². The summed E-state index contributed by atoms with van der Waals surface area (Å²) >= 11 is 5.49. The predicted molar refractivity (Wildman–Crippen MR) is 82.7 cm³/mol. The molecule has 0 N–H and O–H groups in total. The van der Waals surface area contributed by atoms with Crippen LogP contribution in [-0.2, 0) is 14.3 Å². The molecule has 1 aromatic carbocycles. The Morgan fingerprint density at radius 3 is 2.68 bits per heavy atom. The molecule has 0 radical (unpaired) electrons. The van der Waals surface area contributed by atoms with Gasteiger partial charge < -0.3 is 14.4 Å². The largest absolute Gasteiger partial charge is 0.468 e. The van der Waals surface area contributed by atoms with Gasteiger partial charge in [0.2, 0.25) is 0 Å². The number of carbonyl (C=O) groups excluding carboxylic acids is 2. The molecule has 1 heterocycles. The molecule has 1 aliphatic rings. The Morgan fingerprint density at radius 1 is 1.32 bits per heavy atom. The van der Waals surface area contributed by atoms with Crippen molar-refractivity contribution in [3.63, 3.8) is 0 Å². The first-order chi connectivity index (χ1) is 10.7. The number of alkyl halides is 1. The van der Waals surface area contributed by atoms with Crippen molar-refractivity contribution in [3.05, 3.63) is 35.9 Å². The summed E-state index contributed by atoms with van der Waals surface area (Å²) in [5.41, 5.74) is 0.838. The number of hydrogen-bond acceptors (Lipinski definition) is 4. The van der Waals surface area contributed by atoms with Gasteiger partial charge in [0.1, 0.15) is 5.92 Å². The van der Waals surface area contributed by atoms with Gasteiger partial charge in [-0.05, 0) is 24.8 Å². The van der Waals surface area contributed by atoms with Gasteiger partial charge in [-0.15, -0.1) is 0 Å². The van der Waals surface area contributed by atoms with Gasteiger partial charge in [-0.25, -0.2) is 4.79 Å². The Balaban J connectivity index is 2.31. The predicted octanol–water partition coefficient (Wildman–Crippen LogP) is 3.13. The molecule has 1 aromatic rings. The lowest BCUT2D eigenvalue weighted by Gasteiger charge is -2.38. The van der Waals surface area contributed by atoms with E-state index >= 15 is 0 Å². The van der Waals surface area contributed by atoms with Crippen LogP contribution in [0.1, 0.15) is 30.7 Å². The number of methoxy groups -OCH3 is 1. The number of benzene rings is 1. The van der Waals surface area contributed by atoms with Crippen LogP contribution in [0.5, 0.6) is 0 Å². The highest BCUT2D eigenvalue weighted by atomic mass is 35.5. The van der Waals surface area contributed by atoms with E-state index in [1.807, 2.05) is 30.3 Å². The first-order valence-corrected chi connectivity index (χ1v) is 7.84. The van der Waals surface area contributed by atoms with E-state index in [1.54, 1.807) is 4.90 Å². The molecule has 1 aliphatic heterocycles. The molecule has 1 saturated heterocycles. The average Bonchev–Trinajstić information content (AvgIpc) is 2.56. The Kier molecular flexibility index (Phi) is 6.07. The van der Waals surface area contributed by atoms with Gasteiger partial charge >= 0.3 is 12.1 Å². The molecule has 1 fully saturated rings. The van der Waals surface area contributed by atoms with E-state index in [4.69, 9.17) is 21.1 Å². The number of carbonyl (C=O) groups is 2. The fourth-order valence-corrected chi connectivity index (χ4v) is 3.06. The van der Waals surface area contributed by atoms with Crippen molar-refractivity contribution in [1.29, 1.82) is 0 Å². The number of amides is 1. The number of esters is 1. The molecular formula is C16H20ClNO4. The van der Waals surface area contributed by atoms with E-state index in [1.165, 1.54) is 7.11 Å². The van der Waals surface area contributed by atoms with Crippen LogP contribution in [0, 0.1) is 0 Å². The second kappa shape index (κ2) is 8.03. The third kappa shape index (κ3) is 3.71. The first-order valence-electron chi connectivity index (χ1n) is 7.31. The molecule has 22 heavy (non-hydrogen) atoms. The fourth-order valence-electron chi connectivity index (χ4n) is 2.96.